The fraction of sp³-hybridized carbons (Fsp3) is 0.421. The molecule has 2 aromatic heterocycles. The summed E-state index contributed by atoms with van der Waals surface area (Å²) in [5.74, 6) is 0.888. The third-order valence-electron chi connectivity index (χ3n) is 5.84. The lowest BCUT2D eigenvalue weighted by Crippen LogP contribution is -2.49. The van der Waals surface area contributed by atoms with Gasteiger partial charge in [0.2, 0.25) is 16.0 Å². The lowest BCUT2D eigenvalue weighted by Gasteiger charge is -2.34. The number of hydrogen-bond acceptors (Lipinski definition) is 7. The number of nitrogen functional groups attached to an aromatic ring is 1. The van der Waals surface area contributed by atoms with Gasteiger partial charge in [0.25, 0.3) is 0 Å². The number of piperazine rings is 1. The van der Waals surface area contributed by atoms with Gasteiger partial charge in [-0.3, -0.25) is 4.68 Å². The third kappa shape index (κ3) is 3.03. The van der Waals surface area contributed by atoms with Gasteiger partial charge in [0.15, 0.2) is 5.65 Å². The summed E-state index contributed by atoms with van der Waals surface area (Å²) in [6.45, 7) is 1.78. The fourth-order valence-electron chi connectivity index (χ4n) is 4.16. The van der Waals surface area contributed by atoms with Crippen LogP contribution in [-0.4, -0.2) is 58.7 Å². The second kappa shape index (κ2) is 6.67. The van der Waals surface area contributed by atoms with Gasteiger partial charge in [0.1, 0.15) is 5.82 Å². The SMILES string of the molecule is Cn1ncc2c(N)nc(N3CCN(S(=O)(=O)c4ccc5c(c4)CCC5)CC3)nc21. The molecule has 1 aliphatic heterocycles. The molecule has 0 spiro atoms. The highest BCUT2D eigenvalue weighted by Gasteiger charge is 2.30. The van der Waals surface area contributed by atoms with E-state index in [-0.39, 0.29) is 0 Å². The van der Waals surface area contributed by atoms with Crippen molar-refractivity contribution >= 4 is 32.8 Å². The zero-order valence-electron chi connectivity index (χ0n) is 16.2. The number of nitrogens with two attached hydrogens (primary N) is 1. The van der Waals surface area contributed by atoms with Crippen LogP contribution in [0.25, 0.3) is 11.0 Å². The number of nitrogens with zero attached hydrogens (tertiary/aromatic N) is 6. The molecule has 2 N–H and O–H groups in total. The maximum atomic E-state index is 13.1. The molecule has 0 atom stereocenters. The number of anilines is 2. The minimum Gasteiger partial charge on any atom is -0.383 e. The van der Waals surface area contributed by atoms with Crippen molar-refractivity contribution in [2.45, 2.75) is 24.2 Å². The van der Waals surface area contributed by atoms with E-state index in [2.05, 4.69) is 15.1 Å². The van der Waals surface area contributed by atoms with Gasteiger partial charge in [-0.2, -0.15) is 19.4 Å². The summed E-state index contributed by atoms with van der Waals surface area (Å²) in [5.41, 5.74) is 9.16. The van der Waals surface area contributed by atoms with Crippen molar-refractivity contribution in [3.05, 3.63) is 35.5 Å². The molecular formula is C19H23N7O2S. The monoisotopic (exact) mass is 413 g/mol. The van der Waals surface area contributed by atoms with E-state index >= 15 is 0 Å². The van der Waals surface area contributed by atoms with E-state index in [1.165, 1.54) is 5.56 Å². The van der Waals surface area contributed by atoms with Crippen molar-refractivity contribution in [3.8, 4) is 0 Å². The van der Waals surface area contributed by atoms with Crippen molar-refractivity contribution in [3.63, 3.8) is 0 Å². The predicted octanol–water partition coefficient (Wildman–Crippen LogP) is 0.945. The van der Waals surface area contributed by atoms with E-state index in [0.29, 0.717) is 53.9 Å². The van der Waals surface area contributed by atoms with Crippen LogP contribution in [0.15, 0.2) is 29.3 Å². The van der Waals surface area contributed by atoms with E-state index in [9.17, 15) is 8.42 Å². The zero-order chi connectivity index (χ0) is 20.2. The molecule has 0 amide bonds. The summed E-state index contributed by atoms with van der Waals surface area (Å²) in [5, 5.41) is 4.89. The maximum absolute atomic E-state index is 13.1. The second-order valence-electron chi connectivity index (χ2n) is 7.59. The van der Waals surface area contributed by atoms with Crippen molar-refractivity contribution in [2.75, 3.05) is 36.8 Å². The molecule has 3 heterocycles. The molecule has 29 heavy (non-hydrogen) atoms. The number of sulfonamides is 1. The first-order chi connectivity index (χ1) is 13.9. The van der Waals surface area contributed by atoms with Crippen LogP contribution in [0.5, 0.6) is 0 Å². The second-order valence-corrected chi connectivity index (χ2v) is 9.53. The molecule has 10 heteroatoms. The van der Waals surface area contributed by atoms with Gasteiger partial charge in [-0.15, -0.1) is 0 Å². The Balaban J connectivity index is 1.35. The first kappa shape index (κ1) is 18.3. The molecule has 3 aromatic rings. The third-order valence-corrected chi connectivity index (χ3v) is 7.73. The smallest absolute Gasteiger partial charge is 0.243 e. The van der Waals surface area contributed by atoms with Gasteiger partial charge in [-0.1, -0.05) is 6.07 Å². The topological polar surface area (TPSA) is 110 Å². The first-order valence-corrected chi connectivity index (χ1v) is 11.2. The van der Waals surface area contributed by atoms with Crippen LogP contribution in [0, 0.1) is 0 Å². The fourth-order valence-corrected chi connectivity index (χ4v) is 5.63. The molecule has 0 unspecified atom stereocenters. The Kier molecular flexibility index (Phi) is 4.21. The minimum atomic E-state index is -3.50. The maximum Gasteiger partial charge on any atom is 0.243 e. The van der Waals surface area contributed by atoms with Crippen LogP contribution in [0.1, 0.15) is 17.5 Å². The molecule has 1 aromatic carbocycles. The molecule has 9 nitrogen and oxygen atoms in total. The van der Waals surface area contributed by atoms with Gasteiger partial charge in [-0.05, 0) is 42.5 Å². The summed E-state index contributed by atoms with van der Waals surface area (Å²) in [6, 6.07) is 5.56. The van der Waals surface area contributed by atoms with Gasteiger partial charge >= 0.3 is 0 Å². The molecule has 0 radical (unpaired) electrons. The summed E-state index contributed by atoms with van der Waals surface area (Å²) >= 11 is 0. The number of benzene rings is 1. The summed E-state index contributed by atoms with van der Waals surface area (Å²) < 4.78 is 29.4. The number of fused-ring (bicyclic) bond motifs is 2. The Morgan fingerprint density at radius 2 is 1.79 bits per heavy atom. The van der Waals surface area contributed by atoms with Gasteiger partial charge in [0.05, 0.1) is 16.5 Å². The van der Waals surface area contributed by atoms with Gasteiger partial charge < -0.3 is 10.6 Å². The molecule has 152 valence electrons. The Hall–Kier alpha value is -2.72. The number of hydrogen-bond donors (Lipinski definition) is 1. The van der Waals surface area contributed by atoms with Crippen LogP contribution in [-0.2, 0) is 29.9 Å². The average molecular weight is 414 g/mol. The van der Waals surface area contributed by atoms with E-state index in [1.54, 1.807) is 28.3 Å². The largest absolute Gasteiger partial charge is 0.383 e. The standard InChI is InChI=1S/C19H23N7O2S/c1-24-18-16(12-21-24)17(20)22-19(23-18)25-7-9-26(10-8-25)29(27,28)15-6-5-13-3-2-4-14(13)11-15/h5-6,11-12H,2-4,7-10H2,1H3,(H2,20,22,23). The van der Waals surface area contributed by atoms with Crippen LogP contribution >= 0.6 is 0 Å². The molecule has 0 saturated carbocycles. The lowest BCUT2D eigenvalue weighted by molar-refractivity contribution is 0.382. The van der Waals surface area contributed by atoms with E-state index < -0.39 is 10.0 Å². The molecule has 0 bridgehead atoms. The van der Waals surface area contributed by atoms with E-state index in [4.69, 9.17) is 5.73 Å². The molecule has 1 saturated heterocycles. The molecule has 2 aliphatic rings. The number of aryl methyl sites for hydroxylation is 3. The summed E-state index contributed by atoms with van der Waals surface area (Å²) in [4.78, 5) is 11.3. The van der Waals surface area contributed by atoms with Crippen LogP contribution in [0.2, 0.25) is 0 Å². The number of aromatic nitrogens is 4. The minimum absolute atomic E-state index is 0.381. The highest BCUT2D eigenvalue weighted by Crippen LogP contribution is 2.27. The molecule has 1 aliphatic carbocycles. The van der Waals surface area contributed by atoms with E-state index in [0.717, 1.165) is 24.8 Å². The van der Waals surface area contributed by atoms with Crippen molar-refractivity contribution < 1.29 is 8.42 Å². The average Bonchev–Trinajstić information content (AvgIpc) is 3.34. The lowest BCUT2D eigenvalue weighted by atomic mass is 10.1. The summed E-state index contributed by atoms with van der Waals surface area (Å²) in [7, 11) is -1.70. The highest BCUT2D eigenvalue weighted by molar-refractivity contribution is 7.89. The van der Waals surface area contributed by atoms with Crippen LogP contribution in [0.3, 0.4) is 0 Å². The van der Waals surface area contributed by atoms with Crippen molar-refractivity contribution in [2.24, 2.45) is 7.05 Å². The Labute approximate surface area is 169 Å². The van der Waals surface area contributed by atoms with Crippen molar-refractivity contribution in [1.29, 1.82) is 0 Å². The Morgan fingerprint density at radius 3 is 2.59 bits per heavy atom. The Morgan fingerprint density at radius 1 is 1.03 bits per heavy atom. The van der Waals surface area contributed by atoms with Crippen molar-refractivity contribution in [1.82, 2.24) is 24.1 Å². The molecular weight excluding hydrogens is 390 g/mol. The summed E-state index contributed by atoms with van der Waals surface area (Å²) in [6.07, 6.45) is 4.75. The molecule has 5 rings (SSSR count). The zero-order valence-corrected chi connectivity index (χ0v) is 17.1. The number of rotatable bonds is 3. The van der Waals surface area contributed by atoms with Crippen LogP contribution < -0.4 is 10.6 Å². The predicted molar refractivity (Wildman–Crippen MR) is 110 cm³/mol. The highest BCUT2D eigenvalue weighted by atomic mass is 32.2. The van der Waals surface area contributed by atoms with Gasteiger partial charge in [0, 0.05) is 33.2 Å². The molecule has 1 fully saturated rings. The van der Waals surface area contributed by atoms with E-state index in [1.807, 2.05) is 17.0 Å². The quantitative estimate of drug-likeness (QED) is 0.680. The first-order valence-electron chi connectivity index (χ1n) is 9.75. The van der Waals surface area contributed by atoms with Crippen LogP contribution in [0.4, 0.5) is 11.8 Å². The Bertz CT molecular complexity index is 1200. The normalized spacial score (nSPS) is 17.8. The van der Waals surface area contributed by atoms with Gasteiger partial charge in [-0.25, -0.2) is 8.42 Å².